The number of nitrogens with zero attached hydrogens (tertiary/aromatic N) is 2. The summed E-state index contributed by atoms with van der Waals surface area (Å²) in [6, 6.07) is 2.14. The molecule has 9 heteroatoms. The van der Waals surface area contributed by atoms with Gasteiger partial charge in [-0.15, -0.1) is 0 Å². The lowest BCUT2D eigenvalue weighted by Crippen LogP contribution is -2.44. The van der Waals surface area contributed by atoms with Gasteiger partial charge >= 0.3 is 12.1 Å². The number of nitrogens with two attached hydrogens (primary N) is 1. The molecule has 2 aromatic rings. The van der Waals surface area contributed by atoms with Crippen molar-refractivity contribution in [3.8, 4) is 0 Å². The van der Waals surface area contributed by atoms with Gasteiger partial charge in [-0.05, 0) is 32.4 Å². The third kappa shape index (κ3) is 4.93. The zero-order valence-corrected chi connectivity index (χ0v) is 14.1. The number of pyridine rings is 1. The van der Waals surface area contributed by atoms with Crippen LogP contribution in [0.3, 0.4) is 0 Å². The van der Waals surface area contributed by atoms with Gasteiger partial charge in [-0.1, -0.05) is 6.07 Å². The topological polar surface area (TPSA) is 136 Å². The van der Waals surface area contributed by atoms with Gasteiger partial charge in [0.2, 0.25) is 0 Å². The first-order valence-corrected chi connectivity index (χ1v) is 7.55. The van der Waals surface area contributed by atoms with E-state index in [0.717, 1.165) is 0 Å². The number of alkyl carbamates (subject to hydrolysis) is 1. The summed E-state index contributed by atoms with van der Waals surface area (Å²) in [6.07, 6.45) is 2.31. The number of rotatable bonds is 5. The molecule has 0 radical (unpaired) electrons. The fraction of sp³-hybridized carbons (Fsp3) is 0.375. The molecule has 1 unspecified atom stereocenters. The Morgan fingerprint density at radius 1 is 1.32 bits per heavy atom. The molecule has 0 saturated carbocycles. The largest absolute Gasteiger partial charge is 0.480 e. The summed E-state index contributed by atoms with van der Waals surface area (Å²) < 4.78 is 6.65. The highest BCUT2D eigenvalue weighted by molar-refractivity contribution is 5.91. The smallest absolute Gasteiger partial charge is 0.408 e. The van der Waals surface area contributed by atoms with E-state index in [1.807, 2.05) is 0 Å². The van der Waals surface area contributed by atoms with Crippen LogP contribution in [0.15, 0.2) is 24.5 Å². The van der Waals surface area contributed by atoms with Gasteiger partial charge in [-0.2, -0.15) is 0 Å². The van der Waals surface area contributed by atoms with Gasteiger partial charge in [-0.3, -0.25) is 4.79 Å². The molecule has 134 valence electrons. The SMILES string of the molecule is CC(C)(C)OC(=O)NC(Cc1ccc2nc(C(N)=O)cn2c1)C(=O)O. The molecule has 0 saturated heterocycles. The molecule has 0 aliphatic rings. The van der Waals surface area contributed by atoms with Crippen LogP contribution in [0.5, 0.6) is 0 Å². The number of hydrogen-bond acceptors (Lipinski definition) is 5. The van der Waals surface area contributed by atoms with E-state index in [9.17, 15) is 19.5 Å². The zero-order chi connectivity index (χ0) is 18.8. The molecule has 0 fully saturated rings. The average Bonchev–Trinajstić information content (AvgIpc) is 2.87. The average molecular weight is 348 g/mol. The molecule has 2 amide bonds. The van der Waals surface area contributed by atoms with E-state index in [0.29, 0.717) is 11.2 Å². The van der Waals surface area contributed by atoms with Gasteiger partial charge in [0.05, 0.1) is 0 Å². The minimum absolute atomic E-state index is 0.0363. The second-order valence-corrected chi connectivity index (χ2v) is 6.53. The lowest BCUT2D eigenvalue weighted by molar-refractivity contribution is -0.139. The molecule has 2 aromatic heterocycles. The summed E-state index contributed by atoms with van der Waals surface area (Å²) in [5.74, 6) is -1.84. The van der Waals surface area contributed by atoms with Crippen LogP contribution in [0.2, 0.25) is 0 Å². The minimum Gasteiger partial charge on any atom is -0.480 e. The maximum Gasteiger partial charge on any atom is 0.408 e. The Morgan fingerprint density at radius 2 is 2.00 bits per heavy atom. The van der Waals surface area contributed by atoms with Crippen molar-refractivity contribution in [2.75, 3.05) is 0 Å². The predicted octanol–water partition coefficient (Wildman–Crippen LogP) is 0.954. The van der Waals surface area contributed by atoms with E-state index in [2.05, 4.69) is 10.3 Å². The van der Waals surface area contributed by atoms with Crippen molar-refractivity contribution in [2.45, 2.75) is 38.8 Å². The number of aliphatic carboxylic acids is 1. The summed E-state index contributed by atoms with van der Waals surface area (Å²) in [5.41, 5.74) is 5.70. The van der Waals surface area contributed by atoms with Crippen LogP contribution in [-0.4, -0.2) is 44.1 Å². The summed E-state index contributed by atoms with van der Waals surface area (Å²) >= 11 is 0. The van der Waals surface area contributed by atoms with Gasteiger partial charge in [-0.25, -0.2) is 14.6 Å². The number of carboxylic acids is 1. The van der Waals surface area contributed by atoms with E-state index < -0.39 is 29.6 Å². The molecular formula is C16H20N4O5. The first kappa shape index (κ1) is 18.2. The predicted molar refractivity (Wildman–Crippen MR) is 88.2 cm³/mol. The highest BCUT2D eigenvalue weighted by atomic mass is 16.6. The van der Waals surface area contributed by atoms with Crippen molar-refractivity contribution < 1.29 is 24.2 Å². The van der Waals surface area contributed by atoms with Crippen LogP contribution in [-0.2, 0) is 16.0 Å². The van der Waals surface area contributed by atoms with E-state index in [-0.39, 0.29) is 12.1 Å². The molecule has 1 atom stereocenters. The third-order valence-corrected chi connectivity index (χ3v) is 3.19. The number of aromatic nitrogens is 2. The van der Waals surface area contributed by atoms with E-state index in [4.69, 9.17) is 10.5 Å². The molecule has 2 heterocycles. The Morgan fingerprint density at radius 3 is 2.56 bits per heavy atom. The van der Waals surface area contributed by atoms with E-state index in [1.165, 1.54) is 6.20 Å². The number of carbonyl (C=O) groups excluding carboxylic acids is 2. The second-order valence-electron chi connectivity index (χ2n) is 6.53. The summed E-state index contributed by atoms with van der Waals surface area (Å²) in [5, 5.41) is 11.7. The Bertz CT molecular complexity index is 822. The quantitative estimate of drug-likeness (QED) is 0.736. The Hall–Kier alpha value is -3.10. The van der Waals surface area contributed by atoms with Crippen LogP contribution >= 0.6 is 0 Å². The van der Waals surface area contributed by atoms with Crippen LogP contribution in [0, 0.1) is 0 Å². The fourth-order valence-corrected chi connectivity index (χ4v) is 2.16. The zero-order valence-electron chi connectivity index (χ0n) is 14.1. The Kier molecular flexibility index (Phi) is 4.96. The number of carbonyl (C=O) groups is 3. The highest BCUT2D eigenvalue weighted by Gasteiger charge is 2.24. The number of ether oxygens (including phenoxy) is 1. The lowest BCUT2D eigenvalue weighted by Gasteiger charge is -2.22. The maximum absolute atomic E-state index is 11.8. The molecule has 0 aromatic carbocycles. The number of hydrogen-bond donors (Lipinski definition) is 3. The van der Waals surface area contributed by atoms with Crippen LogP contribution in [0.4, 0.5) is 4.79 Å². The number of fused-ring (bicyclic) bond motifs is 1. The van der Waals surface area contributed by atoms with Crippen molar-refractivity contribution in [2.24, 2.45) is 5.73 Å². The molecule has 9 nitrogen and oxygen atoms in total. The Labute approximate surface area is 143 Å². The summed E-state index contributed by atoms with van der Waals surface area (Å²) in [6.45, 7) is 5.06. The molecular weight excluding hydrogens is 328 g/mol. The summed E-state index contributed by atoms with van der Waals surface area (Å²) in [4.78, 5) is 38.4. The fourth-order valence-electron chi connectivity index (χ4n) is 2.16. The monoisotopic (exact) mass is 348 g/mol. The summed E-state index contributed by atoms with van der Waals surface area (Å²) in [7, 11) is 0. The van der Waals surface area contributed by atoms with Gasteiger partial charge in [0, 0.05) is 18.8 Å². The van der Waals surface area contributed by atoms with Gasteiger partial charge in [0.15, 0.2) is 0 Å². The van der Waals surface area contributed by atoms with Crippen molar-refractivity contribution in [3.05, 3.63) is 35.8 Å². The van der Waals surface area contributed by atoms with Gasteiger partial charge in [0.1, 0.15) is 23.0 Å². The highest BCUT2D eigenvalue weighted by Crippen LogP contribution is 2.11. The molecule has 0 aliphatic heterocycles. The number of amides is 2. The minimum atomic E-state index is -1.19. The molecule has 2 rings (SSSR count). The number of imidazole rings is 1. The van der Waals surface area contributed by atoms with Crippen molar-refractivity contribution in [3.63, 3.8) is 0 Å². The maximum atomic E-state index is 11.8. The van der Waals surface area contributed by atoms with Crippen molar-refractivity contribution >= 4 is 23.6 Å². The van der Waals surface area contributed by atoms with Crippen molar-refractivity contribution in [1.29, 1.82) is 0 Å². The molecule has 0 aliphatic carbocycles. The Balaban J connectivity index is 2.16. The number of carboxylic acid groups (broad SMARTS) is 1. The molecule has 4 N–H and O–H groups in total. The van der Waals surface area contributed by atoms with Crippen molar-refractivity contribution in [1.82, 2.24) is 14.7 Å². The van der Waals surface area contributed by atoms with Crippen LogP contribution in [0.1, 0.15) is 36.8 Å². The first-order chi connectivity index (χ1) is 11.5. The van der Waals surface area contributed by atoms with Gasteiger partial charge < -0.3 is 25.3 Å². The third-order valence-electron chi connectivity index (χ3n) is 3.19. The standard InChI is InChI=1S/C16H20N4O5/c1-16(2,3)25-15(24)19-10(14(22)23)6-9-4-5-12-18-11(13(17)21)8-20(12)7-9/h4-5,7-8,10H,6H2,1-3H3,(H2,17,21)(H,19,24)(H,22,23). The molecule has 25 heavy (non-hydrogen) atoms. The first-order valence-electron chi connectivity index (χ1n) is 7.55. The lowest BCUT2D eigenvalue weighted by atomic mass is 10.1. The molecule has 0 spiro atoms. The van der Waals surface area contributed by atoms with E-state index in [1.54, 1.807) is 43.5 Å². The van der Waals surface area contributed by atoms with E-state index >= 15 is 0 Å². The number of primary amides is 1. The van der Waals surface area contributed by atoms with Gasteiger partial charge in [0.25, 0.3) is 5.91 Å². The number of nitrogens with one attached hydrogen (secondary N) is 1. The van der Waals surface area contributed by atoms with Crippen LogP contribution in [0.25, 0.3) is 5.65 Å². The normalized spacial score (nSPS) is 12.6. The second kappa shape index (κ2) is 6.80. The van der Waals surface area contributed by atoms with Crippen LogP contribution < -0.4 is 11.1 Å². The molecule has 0 bridgehead atoms.